The van der Waals surface area contributed by atoms with Gasteiger partial charge < -0.3 is 10.5 Å². The number of methoxy groups -OCH3 is 1. The normalized spacial score (nSPS) is 10.2. The van der Waals surface area contributed by atoms with Crippen LogP contribution in [-0.4, -0.2) is 23.9 Å². The lowest BCUT2D eigenvalue weighted by Crippen LogP contribution is -2.01. The van der Waals surface area contributed by atoms with Crippen LogP contribution in [0.1, 0.15) is 5.69 Å². The Labute approximate surface area is 75.7 Å². The average Bonchev–Trinajstić information content (AvgIpc) is 2.07. The maximum Gasteiger partial charge on any atom is 0.174 e. The van der Waals surface area contributed by atoms with Crippen molar-refractivity contribution in [3.8, 4) is 0 Å². The number of ether oxygens (including phenoxy) is 1. The molecule has 1 heterocycles. The van der Waals surface area contributed by atoms with Crippen LogP contribution in [0.5, 0.6) is 0 Å². The van der Waals surface area contributed by atoms with Gasteiger partial charge in [0.05, 0.1) is 18.0 Å². The quantitative estimate of drug-likeness (QED) is 0.764. The van der Waals surface area contributed by atoms with Crippen LogP contribution in [0.25, 0.3) is 0 Å². The van der Waals surface area contributed by atoms with Crippen LogP contribution in [0.4, 0.5) is 5.69 Å². The number of rotatable bonds is 3. The van der Waals surface area contributed by atoms with E-state index in [-0.39, 0.29) is 5.15 Å². The van der Waals surface area contributed by atoms with Crippen LogP contribution in [0, 0.1) is 0 Å². The lowest BCUT2D eigenvalue weighted by atomic mass is 10.3. The van der Waals surface area contributed by atoms with Gasteiger partial charge in [0.15, 0.2) is 5.15 Å². The standard InChI is InChI=1S/C7H10ClN3O/c1-12-3-2-5-4-6(9)7(8)11-10-5/h4H,2-3H2,1H3,(H2,9,10). The Hall–Kier alpha value is -0.870. The van der Waals surface area contributed by atoms with Crippen molar-refractivity contribution in [3.05, 3.63) is 16.9 Å². The van der Waals surface area contributed by atoms with Crippen LogP contribution in [0.3, 0.4) is 0 Å². The Morgan fingerprint density at radius 1 is 1.58 bits per heavy atom. The zero-order valence-corrected chi connectivity index (χ0v) is 7.51. The third-order valence-electron chi connectivity index (χ3n) is 1.39. The van der Waals surface area contributed by atoms with E-state index in [4.69, 9.17) is 22.1 Å². The van der Waals surface area contributed by atoms with Gasteiger partial charge >= 0.3 is 0 Å². The summed E-state index contributed by atoms with van der Waals surface area (Å²) in [5.41, 5.74) is 6.76. The van der Waals surface area contributed by atoms with Gasteiger partial charge in [0.25, 0.3) is 0 Å². The predicted octanol–water partition coefficient (Wildman–Crippen LogP) is 0.901. The molecule has 0 fully saturated rings. The van der Waals surface area contributed by atoms with Crippen LogP contribution in [-0.2, 0) is 11.2 Å². The molecule has 0 spiro atoms. The molecule has 0 saturated carbocycles. The molecule has 2 N–H and O–H groups in total. The van der Waals surface area contributed by atoms with E-state index in [1.807, 2.05) is 0 Å². The fourth-order valence-electron chi connectivity index (χ4n) is 0.763. The molecule has 5 heteroatoms. The largest absolute Gasteiger partial charge is 0.396 e. The number of nitrogens with two attached hydrogens (primary N) is 1. The van der Waals surface area contributed by atoms with Gasteiger partial charge in [0.1, 0.15) is 0 Å². The van der Waals surface area contributed by atoms with Crippen molar-refractivity contribution in [3.63, 3.8) is 0 Å². The number of nitrogen functional groups attached to an aromatic ring is 1. The maximum absolute atomic E-state index is 5.58. The minimum atomic E-state index is 0.246. The first kappa shape index (κ1) is 9.22. The van der Waals surface area contributed by atoms with Gasteiger partial charge in [-0.15, -0.1) is 5.10 Å². The number of anilines is 1. The Kier molecular flexibility index (Phi) is 3.25. The second kappa shape index (κ2) is 4.23. The first-order valence-corrected chi connectivity index (χ1v) is 3.88. The summed E-state index contributed by atoms with van der Waals surface area (Å²) in [6.07, 6.45) is 0.699. The highest BCUT2D eigenvalue weighted by molar-refractivity contribution is 6.31. The van der Waals surface area contributed by atoms with E-state index in [0.717, 1.165) is 5.69 Å². The summed E-state index contributed by atoms with van der Waals surface area (Å²) < 4.78 is 4.87. The molecule has 66 valence electrons. The molecule has 1 aromatic rings. The Balaban J connectivity index is 2.69. The number of nitrogens with zero attached hydrogens (tertiary/aromatic N) is 2. The Morgan fingerprint density at radius 2 is 2.33 bits per heavy atom. The molecule has 0 atom stereocenters. The molecule has 0 amide bonds. The summed E-state index contributed by atoms with van der Waals surface area (Å²) in [5.74, 6) is 0. The fraction of sp³-hybridized carbons (Fsp3) is 0.429. The van der Waals surface area contributed by atoms with Crippen LogP contribution in [0.15, 0.2) is 6.07 Å². The third kappa shape index (κ3) is 2.32. The summed E-state index contributed by atoms with van der Waals surface area (Å²) in [7, 11) is 1.63. The van der Waals surface area contributed by atoms with Gasteiger partial charge in [-0.25, -0.2) is 0 Å². The van der Waals surface area contributed by atoms with Gasteiger partial charge in [-0.05, 0) is 6.07 Å². The second-order valence-electron chi connectivity index (χ2n) is 2.32. The average molecular weight is 188 g/mol. The minimum absolute atomic E-state index is 0.246. The fourth-order valence-corrected chi connectivity index (χ4v) is 0.855. The molecule has 0 radical (unpaired) electrons. The minimum Gasteiger partial charge on any atom is -0.396 e. The highest BCUT2D eigenvalue weighted by atomic mass is 35.5. The van der Waals surface area contributed by atoms with Crippen LogP contribution >= 0.6 is 11.6 Å². The van der Waals surface area contributed by atoms with Crippen molar-refractivity contribution in [1.82, 2.24) is 10.2 Å². The van der Waals surface area contributed by atoms with Gasteiger partial charge in [-0.2, -0.15) is 5.10 Å². The van der Waals surface area contributed by atoms with E-state index in [1.165, 1.54) is 0 Å². The molecule has 0 saturated heterocycles. The third-order valence-corrected chi connectivity index (χ3v) is 1.68. The monoisotopic (exact) mass is 187 g/mol. The van der Waals surface area contributed by atoms with Crippen molar-refractivity contribution in [1.29, 1.82) is 0 Å². The zero-order valence-electron chi connectivity index (χ0n) is 6.75. The Morgan fingerprint density at radius 3 is 2.92 bits per heavy atom. The number of halogens is 1. The second-order valence-corrected chi connectivity index (χ2v) is 2.68. The molecular weight excluding hydrogens is 178 g/mol. The van der Waals surface area contributed by atoms with E-state index in [1.54, 1.807) is 13.2 Å². The van der Waals surface area contributed by atoms with Gasteiger partial charge in [0, 0.05) is 13.5 Å². The van der Waals surface area contributed by atoms with Crippen molar-refractivity contribution < 1.29 is 4.74 Å². The molecule has 12 heavy (non-hydrogen) atoms. The lowest BCUT2D eigenvalue weighted by Gasteiger charge is -2.00. The topological polar surface area (TPSA) is 61.0 Å². The highest BCUT2D eigenvalue weighted by Crippen LogP contribution is 2.14. The molecular formula is C7H10ClN3O. The van der Waals surface area contributed by atoms with E-state index < -0.39 is 0 Å². The number of aromatic nitrogens is 2. The van der Waals surface area contributed by atoms with Crippen LogP contribution < -0.4 is 5.73 Å². The van der Waals surface area contributed by atoms with Gasteiger partial charge in [-0.3, -0.25) is 0 Å². The molecule has 0 unspecified atom stereocenters. The summed E-state index contributed by atoms with van der Waals surface area (Å²) in [5, 5.41) is 7.75. The number of hydrogen-bond acceptors (Lipinski definition) is 4. The summed E-state index contributed by atoms with van der Waals surface area (Å²) >= 11 is 5.58. The first-order chi connectivity index (χ1) is 5.74. The van der Waals surface area contributed by atoms with Gasteiger partial charge in [0.2, 0.25) is 0 Å². The zero-order chi connectivity index (χ0) is 8.97. The Bertz CT molecular complexity index is 267. The highest BCUT2D eigenvalue weighted by Gasteiger charge is 2.00. The predicted molar refractivity (Wildman–Crippen MR) is 47.0 cm³/mol. The maximum atomic E-state index is 5.58. The summed E-state index contributed by atoms with van der Waals surface area (Å²) in [6.45, 7) is 0.607. The van der Waals surface area contributed by atoms with Crippen molar-refractivity contribution in [2.24, 2.45) is 0 Å². The first-order valence-electron chi connectivity index (χ1n) is 3.50. The molecule has 4 nitrogen and oxygen atoms in total. The molecule has 0 aliphatic carbocycles. The molecule has 0 aliphatic heterocycles. The van der Waals surface area contributed by atoms with Crippen molar-refractivity contribution in [2.75, 3.05) is 19.5 Å². The van der Waals surface area contributed by atoms with E-state index in [0.29, 0.717) is 18.7 Å². The smallest absolute Gasteiger partial charge is 0.174 e. The number of hydrogen-bond donors (Lipinski definition) is 1. The summed E-state index contributed by atoms with van der Waals surface area (Å²) in [6, 6.07) is 1.70. The molecule has 0 aromatic carbocycles. The van der Waals surface area contributed by atoms with E-state index in [2.05, 4.69) is 10.2 Å². The summed E-state index contributed by atoms with van der Waals surface area (Å²) in [4.78, 5) is 0. The van der Waals surface area contributed by atoms with Crippen LogP contribution in [0.2, 0.25) is 5.15 Å². The molecule has 1 aromatic heterocycles. The molecule has 0 bridgehead atoms. The molecule has 0 aliphatic rings. The van der Waals surface area contributed by atoms with Crippen molar-refractivity contribution >= 4 is 17.3 Å². The SMILES string of the molecule is COCCc1cc(N)c(Cl)nn1. The lowest BCUT2D eigenvalue weighted by molar-refractivity contribution is 0.201. The van der Waals surface area contributed by atoms with Crippen molar-refractivity contribution in [2.45, 2.75) is 6.42 Å². The van der Waals surface area contributed by atoms with E-state index >= 15 is 0 Å². The van der Waals surface area contributed by atoms with E-state index in [9.17, 15) is 0 Å². The van der Waals surface area contributed by atoms with Gasteiger partial charge in [-0.1, -0.05) is 11.6 Å². The molecule has 1 rings (SSSR count).